The maximum absolute atomic E-state index is 11.9. The molecule has 0 fully saturated rings. The number of nitrogens with one attached hydrogen (secondary N) is 1. The Morgan fingerprint density at radius 1 is 1.29 bits per heavy atom. The first-order valence-electron chi connectivity index (χ1n) is 7.15. The van der Waals surface area contributed by atoms with E-state index >= 15 is 0 Å². The van der Waals surface area contributed by atoms with Crippen molar-refractivity contribution in [1.82, 2.24) is 4.98 Å². The highest BCUT2D eigenvalue weighted by Gasteiger charge is 2.10. The number of nitrogens with zero attached hydrogens (tertiary/aromatic N) is 1. The molecular formula is C15H24N2O4. The number of carbonyl (C=O) groups is 1. The molecule has 0 saturated carbocycles. The molecule has 1 rings (SSSR count). The van der Waals surface area contributed by atoms with Crippen molar-refractivity contribution in [3.05, 3.63) is 23.9 Å². The second-order valence-corrected chi connectivity index (χ2v) is 4.82. The zero-order valence-corrected chi connectivity index (χ0v) is 12.7. The van der Waals surface area contributed by atoms with Crippen molar-refractivity contribution < 1.29 is 19.4 Å². The van der Waals surface area contributed by atoms with Crippen LogP contribution in [0.25, 0.3) is 0 Å². The summed E-state index contributed by atoms with van der Waals surface area (Å²) in [5.74, 6) is 0.752. The summed E-state index contributed by atoms with van der Waals surface area (Å²) in [5.41, 5.74) is 0.667. The van der Waals surface area contributed by atoms with Crippen LogP contribution in [0.15, 0.2) is 18.3 Å². The van der Waals surface area contributed by atoms with Crippen LogP contribution in [0.4, 0.5) is 5.82 Å². The minimum atomic E-state index is -0.0255. The molecule has 0 saturated heterocycles. The Morgan fingerprint density at radius 3 is 2.67 bits per heavy atom. The lowest BCUT2D eigenvalue weighted by Crippen LogP contribution is -2.14. The van der Waals surface area contributed by atoms with Crippen LogP contribution >= 0.6 is 0 Å². The second-order valence-electron chi connectivity index (χ2n) is 4.82. The molecule has 0 radical (unpaired) electrons. The minimum absolute atomic E-state index is 0.0255. The maximum Gasteiger partial charge on any atom is 0.165 e. The van der Waals surface area contributed by atoms with E-state index in [1.807, 2.05) is 13.8 Å². The molecule has 118 valence electrons. The van der Waals surface area contributed by atoms with Gasteiger partial charge in [0.25, 0.3) is 0 Å². The third-order valence-corrected chi connectivity index (χ3v) is 2.73. The number of ether oxygens (including phenoxy) is 2. The number of hydrogen-bond donors (Lipinski definition) is 2. The molecule has 6 heteroatoms. The third kappa shape index (κ3) is 7.17. The number of Topliss-reactive ketones (excluding diaryl/α,β-unsaturated/α-hetero) is 1. The van der Waals surface area contributed by atoms with E-state index in [4.69, 9.17) is 14.6 Å². The minimum Gasteiger partial charge on any atom is -0.394 e. The Hall–Kier alpha value is -1.50. The van der Waals surface area contributed by atoms with Crippen LogP contribution in [0.2, 0.25) is 0 Å². The van der Waals surface area contributed by atoms with Gasteiger partial charge in [0, 0.05) is 24.2 Å². The zero-order valence-electron chi connectivity index (χ0n) is 12.7. The second kappa shape index (κ2) is 10.3. The molecule has 1 aromatic rings. The monoisotopic (exact) mass is 296 g/mol. The van der Waals surface area contributed by atoms with Crippen LogP contribution in [0.1, 0.15) is 24.2 Å². The predicted molar refractivity (Wildman–Crippen MR) is 80.6 cm³/mol. The van der Waals surface area contributed by atoms with Crippen LogP contribution < -0.4 is 5.32 Å². The van der Waals surface area contributed by atoms with Crippen molar-refractivity contribution in [2.24, 2.45) is 5.92 Å². The molecule has 21 heavy (non-hydrogen) atoms. The van der Waals surface area contributed by atoms with Gasteiger partial charge in [0.15, 0.2) is 5.78 Å². The number of aliphatic hydroxyl groups excluding tert-OH is 1. The van der Waals surface area contributed by atoms with Gasteiger partial charge in [0.05, 0.1) is 33.0 Å². The highest BCUT2D eigenvalue weighted by molar-refractivity contribution is 5.97. The van der Waals surface area contributed by atoms with Gasteiger partial charge in [-0.15, -0.1) is 0 Å². The number of aromatic nitrogens is 1. The average molecular weight is 296 g/mol. The summed E-state index contributed by atoms with van der Waals surface area (Å²) in [6.07, 6.45) is 1.63. The summed E-state index contributed by atoms with van der Waals surface area (Å²) in [5, 5.41) is 11.6. The molecule has 2 N–H and O–H groups in total. The molecule has 0 aromatic carbocycles. The number of ketones is 1. The Bertz CT molecular complexity index is 424. The summed E-state index contributed by atoms with van der Waals surface area (Å²) in [7, 11) is 0. The Morgan fingerprint density at radius 2 is 2.00 bits per heavy atom. The van der Waals surface area contributed by atoms with E-state index in [1.54, 1.807) is 18.3 Å². The molecule has 6 nitrogen and oxygen atoms in total. The molecule has 1 heterocycles. The number of carbonyl (C=O) groups excluding carboxylic acids is 1. The molecule has 0 atom stereocenters. The van der Waals surface area contributed by atoms with E-state index in [0.29, 0.717) is 44.4 Å². The fraction of sp³-hybridized carbons (Fsp3) is 0.600. The quantitative estimate of drug-likeness (QED) is 0.474. The van der Waals surface area contributed by atoms with E-state index in [2.05, 4.69) is 10.3 Å². The first-order valence-corrected chi connectivity index (χ1v) is 7.15. The van der Waals surface area contributed by atoms with Gasteiger partial charge in [0.1, 0.15) is 5.82 Å². The zero-order chi connectivity index (χ0) is 15.5. The number of hydrogen-bond acceptors (Lipinski definition) is 6. The fourth-order valence-corrected chi connectivity index (χ4v) is 1.65. The highest BCUT2D eigenvalue weighted by Crippen LogP contribution is 2.11. The molecule has 0 amide bonds. The summed E-state index contributed by atoms with van der Waals surface area (Å²) < 4.78 is 10.4. The Balaban J connectivity index is 2.23. The molecule has 0 bridgehead atoms. The van der Waals surface area contributed by atoms with E-state index in [0.717, 1.165) is 0 Å². The molecule has 0 aliphatic heterocycles. The molecule has 0 aliphatic rings. The van der Waals surface area contributed by atoms with Crippen LogP contribution in [0.5, 0.6) is 0 Å². The first-order chi connectivity index (χ1) is 10.1. The van der Waals surface area contributed by atoms with E-state index in [1.165, 1.54) is 0 Å². The lowest BCUT2D eigenvalue weighted by Gasteiger charge is -2.09. The van der Waals surface area contributed by atoms with Gasteiger partial charge in [-0.2, -0.15) is 0 Å². The highest BCUT2D eigenvalue weighted by atomic mass is 16.5. The normalized spacial score (nSPS) is 10.9. The molecule has 0 aliphatic carbocycles. The van der Waals surface area contributed by atoms with Crippen LogP contribution in [0, 0.1) is 5.92 Å². The number of anilines is 1. The Labute approximate surface area is 125 Å². The van der Waals surface area contributed by atoms with Crippen molar-refractivity contribution in [3.8, 4) is 0 Å². The number of pyridine rings is 1. The van der Waals surface area contributed by atoms with E-state index in [9.17, 15) is 4.79 Å². The average Bonchev–Trinajstić information content (AvgIpc) is 2.49. The topological polar surface area (TPSA) is 80.7 Å². The summed E-state index contributed by atoms with van der Waals surface area (Å²) in [6, 6.07) is 3.48. The van der Waals surface area contributed by atoms with Gasteiger partial charge in [-0.25, -0.2) is 4.98 Å². The maximum atomic E-state index is 11.9. The summed E-state index contributed by atoms with van der Waals surface area (Å²) in [4.78, 5) is 16.1. The summed E-state index contributed by atoms with van der Waals surface area (Å²) in [6.45, 7) is 6.20. The van der Waals surface area contributed by atoms with Crippen LogP contribution in [0.3, 0.4) is 0 Å². The molecular weight excluding hydrogens is 272 g/mol. The van der Waals surface area contributed by atoms with Crippen LogP contribution in [-0.4, -0.2) is 55.5 Å². The number of rotatable bonds is 11. The van der Waals surface area contributed by atoms with Gasteiger partial charge < -0.3 is 19.9 Å². The lowest BCUT2D eigenvalue weighted by atomic mass is 10.0. The Kier molecular flexibility index (Phi) is 8.57. The van der Waals surface area contributed by atoms with Gasteiger partial charge in [-0.1, -0.05) is 13.8 Å². The van der Waals surface area contributed by atoms with E-state index in [-0.39, 0.29) is 18.3 Å². The van der Waals surface area contributed by atoms with Gasteiger partial charge in [0.2, 0.25) is 0 Å². The molecule has 0 spiro atoms. The van der Waals surface area contributed by atoms with Crippen molar-refractivity contribution >= 4 is 11.6 Å². The molecule has 1 aromatic heterocycles. The van der Waals surface area contributed by atoms with Gasteiger partial charge >= 0.3 is 0 Å². The first kappa shape index (κ1) is 17.6. The smallest absolute Gasteiger partial charge is 0.165 e. The SMILES string of the molecule is CC(C)C(=O)c1ccnc(NCCOCCOCCO)c1. The summed E-state index contributed by atoms with van der Waals surface area (Å²) >= 11 is 0. The third-order valence-electron chi connectivity index (χ3n) is 2.73. The van der Waals surface area contributed by atoms with Gasteiger partial charge in [-0.3, -0.25) is 4.79 Å². The standard InChI is InChI=1S/C15H24N2O4/c1-12(2)15(19)13-3-4-16-14(11-13)17-5-7-20-9-10-21-8-6-18/h3-4,11-12,18H,5-10H2,1-2H3,(H,16,17). The fourth-order valence-electron chi connectivity index (χ4n) is 1.65. The largest absolute Gasteiger partial charge is 0.394 e. The van der Waals surface area contributed by atoms with Crippen LogP contribution in [-0.2, 0) is 9.47 Å². The predicted octanol–water partition coefficient (Wildman–Crippen LogP) is 1.36. The van der Waals surface area contributed by atoms with Crippen molar-refractivity contribution in [2.75, 3.05) is 44.9 Å². The lowest BCUT2D eigenvalue weighted by molar-refractivity contribution is 0.0361. The van der Waals surface area contributed by atoms with Gasteiger partial charge in [-0.05, 0) is 12.1 Å². The number of aliphatic hydroxyl groups is 1. The molecule has 0 unspecified atom stereocenters. The van der Waals surface area contributed by atoms with Crippen molar-refractivity contribution in [1.29, 1.82) is 0 Å². The van der Waals surface area contributed by atoms with E-state index < -0.39 is 0 Å². The van der Waals surface area contributed by atoms with Crippen molar-refractivity contribution in [2.45, 2.75) is 13.8 Å². The van der Waals surface area contributed by atoms with Crippen molar-refractivity contribution in [3.63, 3.8) is 0 Å².